The summed E-state index contributed by atoms with van der Waals surface area (Å²) in [6.07, 6.45) is -3.46. The second-order valence-electron chi connectivity index (χ2n) is 4.09. The quantitative estimate of drug-likeness (QED) is 0.763. The number of hydrogen-bond donors (Lipinski definition) is 0. The first kappa shape index (κ1) is 14.8. The number of ether oxygens (including phenoxy) is 2. The topological polar surface area (TPSA) is 58.6 Å². The van der Waals surface area contributed by atoms with Gasteiger partial charge in [0.15, 0.2) is 0 Å². The van der Waals surface area contributed by atoms with Crippen molar-refractivity contribution >= 4 is 5.97 Å². The highest BCUT2D eigenvalue weighted by atomic mass is 19.3. The number of rotatable bonds is 6. The van der Waals surface area contributed by atoms with E-state index in [2.05, 4.69) is 0 Å². The molecule has 21 heavy (non-hydrogen) atoms. The van der Waals surface area contributed by atoms with Crippen LogP contribution in [0.5, 0.6) is 11.5 Å². The Hall–Kier alpha value is -2.63. The van der Waals surface area contributed by atoms with E-state index in [1.165, 1.54) is 48.5 Å². The maximum Gasteiger partial charge on any atom is 0.355 e. The van der Waals surface area contributed by atoms with E-state index < -0.39 is 18.2 Å². The maximum atomic E-state index is 13.3. The first-order valence-electron chi connectivity index (χ1n) is 6.02. The van der Waals surface area contributed by atoms with Crippen molar-refractivity contribution in [3.63, 3.8) is 0 Å². The van der Waals surface area contributed by atoms with Crippen molar-refractivity contribution in [3.05, 3.63) is 60.7 Å². The summed E-state index contributed by atoms with van der Waals surface area (Å²) in [5, 5.41) is 11.2. The zero-order valence-electron chi connectivity index (χ0n) is 10.7. The van der Waals surface area contributed by atoms with Crippen LogP contribution in [0.15, 0.2) is 60.7 Å². The predicted octanol–water partition coefficient (Wildman–Crippen LogP) is 1.86. The fraction of sp³-hybridized carbons (Fsp3) is 0.133. The van der Waals surface area contributed by atoms with Crippen molar-refractivity contribution in [2.24, 2.45) is 0 Å². The van der Waals surface area contributed by atoms with Gasteiger partial charge in [-0.2, -0.15) is 0 Å². The number of alkyl halides is 2. The molecule has 0 N–H and O–H groups in total. The van der Waals surface area contributed by atoms with Gasteiger partial charge in [-0.1, -0.05) is 36.4 Å². The molecule has 0 atom stereocenters. The van der Waals surface area contributed by atoms with Crippen molar-refractivity contribution < 1.29 is 28.2 Å². The number of aliphatic carboxylic acids is 1. The van der Waals surface area contributed by atoms with E-state index in [-0.39, 0.29) is 11.5 Å². The number of carbonyl (C=O) groups excluding carboxylic acids is 1. The van der Waals surface area contributed by atoms with Gasteiger partial charge in [0, 0.05) is 0 Å². The minimum absolute atomic E-state index is 0.0714. The molecule has 0 aromatic heterocycles. The first-order chi connectivity index (χ1) is 10.0. The van der Waals surface area contributed by atoms with Crippen molar-refractivity contribution in [2.45, 2.75) is 12.2 Å². The molecule has 4 nitrogen and oxygen atoms in total. The Morgan fingerprint density at radius 1 is 0.905 bits per heavy atom. The van der Waals surface area contributed by atoms with Gasteiger partial charge in [-0.25, -0.2) is 8.78 Å². The minimum atomic E-state index is -3.46. The highest BCUT2D eigenvalue weighted by molar-refractivity contribution is 5.75. The zero-order chi connectivity index (χ0) is 15.3. The summed E-state index contributed by atoms with van der Waals surface area (Å²) in [6, 6.07) is 14.7. The predicted molar refractivity (Wildman–Crippen MR) is 67.9 cm³/mol. The lowest BCUT2D eigenvalue weighted by Crippen LogP contribution is -2.61. The van der Waals surface area contributed by atoms with Gasteiger partial charge in [0.1, 0.15) is 17.5 Å². The normalized spacial score (nSPS) is 11.2. The lowest BCUT2D eigenvalue weighted by molar-refractivity contribution is -0.350. The molecule has 110 valence electrons. The minimum Gasteiger partial charge on any atom is -0.542 e. The molecule has 0 aliphatic carbocycles. The standard InChI is InChI=1S/C15H12F2O4/c16-13(17)15(14(18)19,20-11-7-3-1-4-8-11)21-12-9-5-2-6-10-12/h1-10,13H,(H,18,19)/p-1. The molecule has 2 rings (SSSR count). The molecule has 0 radical (unpaired) electrons. The van der Waals surface area contributed by atoms with Crippen LogP contribution in [-0.2, 0) is 4.79 Å². The largest absolute Gasteiger partial charge is 0.542 e. The second kappa shape index (κ2) is 6.21. The smallest absolute Gasteiger partial charge is 0.355 e. The molecule has 2 aromatic carbocycles. The molecular weight excluding hydrogens is 282 g/mol. The van der Waals surface area contributed by atoms with Crippen LogP contribution in [0, 0.1) is 0 Å². The number of carboxylic acid groups (broad SMARTS) is 1. The number of halogens is 2. The molecule has 0 aliphatic heterocycles. The number of carbonyl (C=O) groups is 1. The van der Waals surface area contributed by atoms with Crippen LogP contribution in [0.4, 0.5) is 8.78 Å². The Kier molecular flexibility index (Phi) is 4.37. The van der Waals surface area contributed by atoms with Crippen molar-refractivity contribution in [1.82, 2.24) is 0 Å². The van der Waals surface area contributed by atoms with Crippen molar-refractivity contribution in [2.75, 3.05) is 0 Å². The maximum absolute atomic E-state index is 13.3. The molecule has 0 aliphatic rings. The van der Waals surface area contributed by atoms with Gasteiger partial charge in [-0.05, 0) is 24.3 Å². The first-order valence-corrected chi connectivity index (χ1v) is 6.02. The summed E-state index contributed by atoms with van der Waals surface area (Å²) >= 11 is 0. The number of carboxylic acids is 1. The monoisotopic (exact) mass is 293 g/mol. The van der Waals surface area contributed by atoms with Crippen LogP contribution in [-0.4, -0.2) is 18.2 Å². The molecular formula is C15H11F2O4-. The van der Waals surface area contributed by atoms with E-state index in [0.717, 1.165) is 0 Å². The molecule has 0 fully saturated rings. The summed E-state index contributed by atoms with van der Waals surface area (Å²) in [4.78, 5) is 11.2. The van der Waals surface area contributed by atoms with E-state index in [0.29, 0.717) is 0 Å². The summed E-state index contributed by atoms with van der Waals surface area (Å²) in [6.45, 7) is 0. The fourth-order valence-electron chi connectivity index (χ4n) is 1.61. The Balaban J connectivity index is 2.36. The van der Waals surface area contributed by atoms with Gasteiger partial charge < -0.3 is 19.4 Å². The van der Waals surface area contributed by atoms with Crippen molar-refractivity contribution in [1.29, 1.82) is 0 Å². The average molecular weight is 293 g/mol. The van der Waals surface area contributed by atoms with Crippen LogP contribution in [0.1, 0.15) is 0 Å². The highest BCUT2D eigenvalue weighted by Gasteiger charge is 2.48. The van der Waals surface area contributed by atoms with Gasteiger partial charge in [0.25, 0.3) is 0 Å². The van der Waals surface area contributed by atoms with Crippen LogP contribution in [0.3, 0.4) is 0 Å². The van der Waals surface area contributed by atoms with Crippen LogP contribution >= 0.6 is 0 Å². The third-order valence-corrected chi connectivity index (χ3v) is 2.60. The van der Waals surface area contributed by atoms with Crippen LogP contribution in [0.25, 0.3) is 0 Å². The van der Waals surface area contributed by atoms with Gasteiger partial charge in [0.2, 0.25) is 0 Å². The second-order valence-corrected chi connectivity index (χ2v) is 4.09. The third kappa shape index (κ3) is 3.28. The Morgan fingerprint density at radius 3 is 1.57 bits per heavy atom. The lowest BCUT2D eigenvalue weighted by atomic mass is 10.2. The van der Waals surface area contributed by atoms with Crippen LogP contribution in [0.2, 0.25) is 0 Å². The summed E-state index contributed by atoms with van der Waals surface area (Å²) in [7, 11) is 0. The van der Waals surface area contributed by atoms with Gasteiger partial charge in [0.05, 0.1) is 0 Å². The fourth-order valence-corrected chi connectivity index (χ4v) is 1.61. The zero-order valence-corrected chi connectivity index (χ0v) is 10.7. The van der Waals surface area contributed by atoms with E-state index in [1.54, 1.807) is 12.1 Å². The van der Waals surface area contributed by atoms with Gasteiger partial charge in [-0.3, -0.25) is 0 Å². The van der Waals surface area contributed by atoms with Crippen molar-refractivity contribution in [3.8, 4) is 11.5 Å². The number of benzene rings is 2. The number of para-hydroxylation sites is 2. The highest BCUT2D eigenvalue weighted by Crippen LogP contribution is 2.28. The third-order valence-electron chi connectivity index (χ3n) is 2.60. The Morgan fingerprint density at radius 2 is 1.29 bits per heavy atom. The lowest BCUT2D eigenvalue weighted by Gasteiger charge is -2.34. The molecule has 0 bridgehead atoms. The molecule has 6 heteroatoms. The summed E-state index contributed by atoms with van der Waals surface area (Å²) < 4.78 is 36.4. The summed E-state index contributed by atoms with van der Waals surface area (Å²) in [5.41, 5.74) is 0. The van der Waals surface area contributed by atoms with Gasteiger partial charge >= 0.3 is 12.2 Å². The Labute approximate surface area is 119 Å². The van der Waals surface area contributed by atoms with E-state index >= 15 is 0 Å². The Bertz CT molecular complexity index is 546. The SMILES string of the molecule is O=C([O-])C(Oc1ccccc1)(Oc1ccccc1)C(F)F. The van der Waals surface area contributed by atoms with Crippen LogP contribution < -0.4 is 14.6 Å². The van der Waals surface area contributed by atoms with E-state index in [1.807, 2.05) is 0 Å². The van der Waals surface area contributed by atoms with Gasteiger partial charge in [-0.15, -0.1) is 0 Å². The molecule has 0 spiro atoms. The number of hydrogen-bond acceptors (Lipinski definition) is 4. The van der Waals surface area contributed by atoms with E-state index in [4.69, 9.17) is 9.47 Å². The molecule has 0 saturated carbocycles. The average Bonchev–Trinajstić information content (AvgIpc) is 2.48. The molecule has 0 unspecified atom stereocenters. The molecule has 0 amide bonds. The molecule has 0 saturated heterocycles. The van der Waals surface area contributed by atoms with E-state index in [9.17, 15) is 18.7 Å². The summed E-state index contributed by atoms with van der Waals surface area (Å²) in [5.74, 6) is -5.52. The molecule has 2 aromatic rings. The molecule has 0 heterocycles.